The van der Waals surface area contributed by atoms with Crippen molar-refractivity contribution in [3.05, 3.63) is 115 Å². The van der Waals surface area contributed by atoms with Crippen LogP contribution >= 0.6 is 0 Å². The van der Waals surface area contributed by atoms with Crippen LogP contribution in [-0.2, 0) is 0 Å². The second-order valence-electron chi connectivity index (χ2n) is 10.9. The largest absolute Gasteiger partial charge is 0.495 e. The number of ether oxygens (including phenoxy) is 1. The number of nitrogens with zero attached hydrogens (tertiary/aromatic N) is 5. The summed E-state index contributed by atoms with van der Waals surface area (Å²) >= 11 is 0. The lowest BCUT2D eigenvalue weighted by molar-refractivity contribution is 0.101. The first kappa shape index (κ1) is 29.8. The molecule has 4 heterocycles. The summed E-state index contributed by atoms with van der Waals surface area (Å²) in [5, 5.41) is 14.2. The highest BCUT2D eigenvalue weighted by molar-refractivity contribution is 6.05. The zero-order chi connectivity index (χ0) is 32.3. The number of carbonyl (C=O) groups is 1. The van der Waals surface area contributed by atoms with Crippen molar-refractivity contribution in [3.63, 3.8) is 0 Å². The van der Waals surface area contributed by atoms with E-state index < -0.39 is 23.1 Å². The van der Waals surface area contributed by atoms with E-state index in [1.54, 1.807) is 36.0 Å². The Labute approximate surface area is 269 Å². The van der Waals surface area contributed by atoms with E-state index >= 15 is 0 Å². The first-order valence-corrected chi connectivity index (χ1v) is 15.1. The molecule has 0 saturated carbocycles. The van der Waals surface area contributed by atoms with E-state index in [1.165, 1.54) is 6.07 Å². The van der Waals surface area contributed by atoms with Gasteiger partial charge in [0.25, 0.3) is 5.91 Å². The summed E-state index contributed by atoms with van der Waals surface area (Å²) in [6.45, 7) is 3.53. The van der Waals surface area contributed by atoms with Crippen molar-refractivity contribution in [2.75, 3.05) is 48.8 Å². The zero-order valence-electron chi connectivity index (χ0n) is 25.4. The highest BCUT2D eigenvalue weighted by Crippen LogP contribution is 2.36. The normalized spacial score (nSPS) is 13.0. The predicted molar refractivity (Wildman–Crippen MR) is 177 cm³/mol. The second kappa shape index (κ2) is 12.9. The van der Waals surface area contributed by atoms with E-state index in [0.29, 0.717) is 28.6 Å². The van der Waals surface area contributed by atoms with Crippen molar-refractivity contribution in [2.45, 2.75) is 0 Å². The van der Waals surface area contributed by atoms with Gasteiger partial charge in [0.05, 0.1) is 29.6 Å². The molecule has 0 atom stereocenters. The zero-order valence-corrected chi connectivity index (χ0v) is 25.4. The van der Waals surface area contributed by atoms with Crippen molar-refractivity contribution in [3.8, 4) is 28.3 Å². The summed E-state index contributed by atoms with van der Waals surface area (Å²) in [6, 6.07) is 23.7. The number of halogens is 2. The van der Waals surface area contributed by atoms with Gasteiger partial charge in [-0.3, -0.25) is 4.79 Å². The van der Waals surface area contributed by atoms with Gasteiger partial charge in [-0.05, 0) is 60.7 Å². The van der Waals surface area contributed by atoms with Gasteiger partial charge in [0, 0.05) is 55.5 Å². The summed E-state index contributed by atoms with van der Waals surface area (Å²) in [6.07, 6.45) is 3.52. The van der Waals surface area contributed by atoms with Gasteiger partial charge >= 0.3 is 0 Å². The quantitative estimate of drug-likeness (QED) is 0.183. The molecule has 6 aromatic rings. The lowest BCUT2D eigenvalue weighted by Crippen LogP contribution is -2.43. The lowest BCUT2D eigenvalue weighted by atomic mass is 10.0. The minimum Gasteiger partial charge on any atom is -0.495 e. The molecule has 236 valence electrons. The highest BCUT2D eigenvalue weighted by atomic mass is 19.1. The third-order valence-electron chi connectivity index (χ3n) is 7.93. The highest BCUT2D eigenvalue weighted by Gasteiger charge is 2.21. The number of anilines is 4. The number of methoxy groups -OCH3 is 1. The first-order chi connectivity index (χ1) is 23.0. The summed E-state index contributed by atoms with van der Waals surface area (Å²) in [5.41, 5.74) is 4.94. The van der Waals surface area contributed by atoms with Gasteiger partial charge in [-0.15, -0.1) is 0 Å². The van der Waals surface area contributed by atoms with Crippen LogP contribution in [0.3, 0.4) is 0 Å². The minimum absolute atomic E-state index is 0.350. The average Bonchev–Trinajstić information content (AvgIpc) is 3.49. The lowest BCUT2D eigenvalue weighted by Gasteiger charge is -2.30. The average molecular weight is 633 g/mol. The van der Waals surface area contributed by atoms with Crippen LogP contribution in [-0.4, -0.2) is 58.8 Å². The second-order valence-corrected chi connectivity index (χ2v) is 10.9. The molecular weight excluding hydrogens is 602 g/mol. The monoisotopic (exact) mass is 632 g/mol. The van der Waals surface area contributed by atoms with E-state index in [1.807, 2.05) is 54.7 Å². The Morgan fingerprint density at radius 2 is 1.72 bits per heavy atom. The Kier molecular flexibility index (Phi) is 8.15. The smallest absolute Gasteiger partial charge is 0.261 e. The van der Waals surface area contributed by atoms with Gasteiger partial charge < -0.3 is 25.6 Å². The van der Waals surface area contributed by atoms with Gasteiger partial charge in [-0.25, -0.2) is 23.3 Å². The number of rotatable bonds is 8. The number of piperazine rings is 1. The van der Waals surface area contributed by atoms with Crippen molar-refractivity contribution in [1.29, 1.82) is 0 Å². The minimum atomic E-state index is -0.941. The molecule has 0 spiro atoms. The van der Waals surface area contributed by atoms with E-state index in [2.05, 4.69) is 25.8 Å². The SMILES string of the molecule is COc1ccc(Nc2nccc(-c3c(-c4cccc(NC(=O)c5c(F)cccc5F)c4)nn4ccccc34)n2)cc1N1CCNCC1. The topological polar surface area (TPSA) is 109 Å². The molecule has 1 fully saturated rings. The fourth-order valence-electron chi connectivity index (χ4n) is 5.71. The molecule has 1 amide bonds. The van der Waals surface area contributed by atoms with E-state index in [-0.39, 0.29) is 0 Å². The Morgan fingerprint density at radius 1 is 0.915 bits per heavy atom. The van der Waals surface area contributed by atoms with Crippen LogP contribution in [0.4, 0.5) is 31.8 Å². The molecule has 0 aliphatic carbocycles. The summed E-state index contributed by atoms with van der Waals surface area (Å²) in [4.78, 5) is 24.5. The maximum atomic E-state index is 14.3. The molecule has 1 aliphatic heterocycles. The van der Waals surface area contributed by atoms with Gasteiger partial charge in [-0.2, -0.15) is 5.10 Å². The molecular formula is C35H30F2N8O2. The van der Waals surface area contributed by atoms with Crippen molar-refractivity contribution < 1.29 is 18.3 Å². The van der Waals surface area contributed by atoms with Crippen LogP contribution < -0.4 is 25.6 Å². The Morgan fingerprint density at radius 3 is 2.53 bits per heavy atom. The molecule has 1 saturated heterocycles. The number of pyridine rings is 1. The molecule has 0 radical (unpaired) electrons. The van der Waals surface area contributed by atoms with Crippen LogP contribution in [0.5, 0.6) is 5.75 Å². The Bertz CT molecular complexity index is 2070. The summed E-state index contributed by atoms with van der Waals surface area (Å²) in [7, 11) is 1.67. The maximum Gasteiger partial charge on any atom is 0.261 e. The van der Waals surface area contributed by atoms with Crippen LogP contribution in [0.15, 0.2) is 97.3 Å². The third kappa shape index (κ3) is 6.06. The van der Waals surface area contributed by atoms with Gasteiger partial charge in [-0.1, -0.05) is 24.3 Å². The van der Waals surface area contributed by atoms with Gasteiger partial charge in [0.1, 0.15) is 28.6 Å². The van der Waals surface area contributed by atoms with Gasteiger partial charge in [0.15, 0.2) is 0 Å². The van der Waals surface area contributed by atoms with Crippen LogP contribution in [0.1, 0.15) is 10.4 Å². The molecule has 12 heteroatoms. The molecule has 0 unspecified atom stereocenters. The first-order valence-electron chi connectivity index (χ1n) is 15.1. The van der Waals surface area contributed by atoms with E-state index in [0.717, 1.165) is 66.5 Å². The molecule has 0 bridgehead atoms. The number of nitrogens with one attached hydrogen (secondary N) is 3. The fraction of sp³-hybridized carbons (Fsp3) is 0.143. The molecule has 10 nitrogen and oxygen atoms in total. The summed E-state index contributed by atoms with van der Waals surface area (Å²) < 4.78 is 35.9. The molecule has 47 heavy (non-hydrogen) atoms. The van der Waals surface area contributed by atoms with E-state index in [9.17, 15) is 13.6 Å². The number of carbonyl (C=O) groups excluding carboxylic acids is 1. The van der Waals surface area contributed by atoms with Crippen molar-refractivity contribution in [1.82, 2.24) is 24.9 Å². The number of amides is 1. The number of aromatic nitrogens is 4. The molecule has 1 aliphatic rings. The number of benzene rings is 3. The van der Waals surface area contributed by atoms with Gasteiger partial charge in [0.2, 0.25) is 5.95 Å². The molecule has 3 aromatic carbocycles. The van der Waals surface area contributed by atoms with Crippen LogP contribution in [0.2, 0.25) is 0 Å². The molecule has 3 aromatic heterocycles. The third-order valence-corrected chi connectivity index (χ3v) is 7.93. The Hall–Kier alpha value is -5.88. The van der Waals surface area contributed by atoms with Crippen molar-refractivity contribution >= 4 is 34.4 Å². The maximum absolute atomic E-state index is 14.3. The Balaban J connectivity index is 1.23. The van der Waals surface area contributed by atoms with E-state index in [4.69, 9.17) is 14.8 Å². The van der Waals surface area contributed by atoms with Crippen LogP contribution in [0.25, 0.3) is 28.0 Å². The van der Waals surface area contributed by atoms with Crippen LogP contribution in [0, 0.1) is 11.6 Å². The number of hydrogen-bond donors (Lipinski definition) is 3. The number of hydrogen-bond acceptors (Lipinski definition) is 8. The number of fused-ring (bicyclic) bond motifs is 1. The molecule has 7 rings (SSSR count). The summed E-state index contributed by atoms with van der Waals surface area (Å²) in [5.74, 6) is -1.58. The predicted octanol–water partition coefficient (Wildman–Crippen LogP) is 6.15. The molecule has 3 N–H and O–H groups in total. The standard InChI is InChI=1S/C35H30F2N8O2/c1-47-30-12-11-24(21-29(30)44-18-15-38-16-19-44)41-35-39-14-13-27(42-35)32-28-10-2-3-17-45(28)43-33(32)22-6-4-7-23(20-22)40-34(46)31-25(36)8-5-9-26(31)37/h2-14,17,20-21,38H,15-16,18-19H2,1H3,(H,40,46)(H,39,41,42). The van der Waals surface area contributed by atoms with Crippen molar-refractivity contribution in [2.24, 2.45) is 0 Å². The fourth-order valence-corrected chi connectivity index (χ4v) is 5.71.